The molecule has 136 valence electrons. The molecular weight excluding hydrogens is 338 g/mol. The van der Waals surface area contributed by atoms with Gasteiger partial charge in [-0.3, -0.25) is 14.4 Å². The lowest BCUT2D eigenvalue weighted by Gasteiger charge is -2.21. The molecule has 0 radical (unpaired) electrons. The molecule has 0 aliphatic heterocycles. The molecule has 1 aliphatic rings. The maximum Gasteiger partial charge on any atom is 0.374 e. The minimum atomic E-state index is -1.21. The van der Waals surface area contributed by atoms with Crippen LogP contribution >= 0.6 is 11.8 Å². The SMILES string of the molecule is COC(=O)C(CC(=O)C(=O)OC1CCCCC1)SC[C@H](N)C(=O)O. The summed E-state index contributed by atoms with van der Waals surface area (Å²) >= 11 is 0.873. The first-order valence-corrected chi connectivity index (χ1v) is 8.81. The molecule has 0 amide bonds. The van der Waals surface area contributed by atoms with Crippen LogP contribution < -0.4 is 5.73 Å². The average molecular weight is 361 g/mol. The number of hydrogen-bond donors (Lipinski definition) is 2. The summed E-state index contributed by atoms with van der Waals surface area (Å²) in [6.07, 6.45) is 3.82. The van der Waals surface area contributed by atoms with Crippen LogP contribution in [0.5, 0.6) is 0 Å². The Morgan fingerprint density at radius 2 is 1.83 bits per heavy atom. The Hall–Kier alpha value is -1.61. The highest BCUT2D eigenvalue weighted by Crippen LogP contribution is 2.22. The molecule has 0 aromatic carbocycles. The van der Waals surface area contributed by atoms with Crippen LogP contribution in [0.4, 0.5) is 0 Å². The number of esters is 2. The monoisotopic (exact) mass is 361 g/mol. The summed E-state index contributed by atoms with van der Waals surface area (Å²) in [5, 5.41) is 7.75. The molecule has 0 aromatic heterocycles. The van der Waals surface area contributed by atoms with E-state index in [0.29, 0.717) is 0 Å². The topological polar surface area (TPSA) is 133 Å². The molecule has 0 saturated heterocycles. The van der Waals surface area contributed by atoms with Crippen molar-refractivity contribution in [1.29, 1.82) is 0 Å². The fourth-order valence-electron chi connectivity index (χ4n) is 2.28. The van der Waals surface area contributed by atoms with Crippen LogP contribution in [-0.4, -0.2) is 59.1 Å². The van der Waals surface area contributed by atoms with Crippen LogP contribution in [0.1, 0.15) is 38.5 Å². The van der Waals surface area contributed by atoms with Gasteiger partial charge in [-0.05, 0) is 25.7 Å². The number of carbonyl (C=O) groups excluding carboxylic acids is 3. The summed E-state index contributed by atoms with van der Waals surface area (Å²) in [6, 6.07) is -1.17. The van der Waals surface area contributed by atoms with Gasteiger partial charge in [0.1, 0.15) is 17.4 Å². The second kappa shape index (κ2) is 10.3. The Labute approximate surface area is 144 Å². The molecule has 0 spiro atoms. The lowest BCUT2D eigenvalue weighted by Crippen LogP contribution is -2.35. The zero-order valence-corrected chi connectivity index (χ0v) is 14.4. The number of aliphatic carboxylic acids is 1. The van der Waals surface area contributed by atoms with E-state index in [1.54, 1.807) is 0 Å². The smallest absolute Gasteiger partial charge is 0.374 e. The van der Waals surface area contributed by atoms with Crippen LogP contribution in [0.3, 0.4) is 0 Å². The lowest BCUT2D eigenvalue weighted by atomic mass is 9.98. The molecule has 1 fully saturated rings. The highest BCUT2D eigenvalue weighted by molar-refractivity contribution is 8.00. The van der Waals surface area contributed by atoms with Crippen molar-refractivity contribution in [2.75, 3.05) is 12.9 Å². The summed E-state index contributed by atoms with van der Waals surface area (Å²) in [5.74, 6) is -3.79. The number of carboxylic acids is 1. The number of rotatable bonds is 9. The maximum absolute atomic E-state index is 12.0. The summed E-state index contributed by atoms with van der Waals surface area (Å²) in [5.41, 5.74) is 5.37. The zero-order chi connectivity index (χ0) is 18.1. The third kappa shape index (κ3) is 6.88. The Kier molecular flexibility index (Phi) is 8.77. The van der Waals surface area contributed by atoms with Crippen molar-refractivity contribution in [2.45, 2.75) is 55.9 Å². The number of methoxy groups -OCH3 is 1. The van der Waals surface area contributed by atoms with Crippen molar-refractivity contribution in [3.05, 3.63) is 0 Å². The van der Waals surface area contributed by atoms with Gasteiger partial charge < -0.3 is 20.3 Å². The van der Waals surface area contributed by atoms with E-state index >= 15 is 0 Å². The highest BCUT2D eigenvalue weighted by Gasteiger charge is 2.30. The van der Waals surface area contributed by atoms with Gasteiger partial charge in [-0.1, -0.05) is 6.42 Å². The molecule has 1 aliphatic carbocycles. The fraction of sp³-hybridized carbons (Fsp3) is 0.733. The van der Waals surface area contributed by atoms with Crippen LogP contribution in [-0.2, 0) is 28.7 Å². The van der Waals surface area contributed by atoms with E-state index in [4.69, 9.17) is 15.6 Å². The van der Waals surface area contributed by atoms with Gasteiger partial charge in [0, 0.05) is 12.2 Å². The summed E-state index contributed by atoms with van der Waals surface area (Å²) < 4.78 is 9.75. The third-order valence-corrected chi connectivity index (χ3v) is 5.00. The van der Waals surface area contributed by atoms with Crippen molar-refractivity contribution < 1.29 is 33.8 Å². The minimum Gasteiger partial charge on any atom is -0.480 e. The van der Waals surface area contributed by atoms with Crippen molar-refractivity contribution in [3.63, 3.8) is 0 Å². The minimum absolute atomic E-state index is 0.0833. The van der Waals surface area contributed by atoms with Crippen LogP contribution in [0, 0.1) is 0 Å². The Bertz CT molecular complexity index is 476. The number of Topliss-reactive ketones (excluding diaryl/α,β-unsaturated/α-hetero) is 1. The number of thioether (sulfide) groups is 1. The molecule has 1 saturated carbocycles. The van der Waals surface area contributed by atoms with Crippen molar-refractivity contribution in [2.24, 2.45) is 5.73 Å². The summed E-state index contributed by atoms with van der Waals surface area (Å²) in [6.45, 7) is 0. The Morgan fingerprint density at radius 1 is 1.21 bits per heavy atom. The summed E-state index contributed by atoms with van der Waals surface area (Å²) in [4.78, 5) is 46.2. The molecule has 9 heteroatoms. The molecule has 0 bridgehead atoms. The predicted octanol–water partition coefficient (Wildman–Crippen LogP) is 0.508. The Morgan fingerprint density at radius 3 is 2.38 bits per heavy atom. The largest absolute Gasteiger partial charge is 0.480 e. The molecule has 8 nitrogen and oxygen atoms in total. The van der Waals surface area contributed by atoms with Crippen LogP contribution in [0.25, 0.3) is 0 Å². The normalized spacial score (nSPS) is 17.6. The molecular formula is C15H23NO7S. The first-order valence-electron chi connectivity index (χ1n) is 7.76. The van der Waals surface area contributed by atoms with Crippen molar-refractivity contribution >= 4 is 35.5 Å². The van der Waals surface area contributed by atoms with Gasteiger partial charge in [-0.2, -0.15) is 0 Å². The van der Waals surface area contributed by atoms with E-state index in [9.17, 15) is 19.2 Å². The first-order chi connectivity index (χ1) is 11.3. The van der Waals surface area contributed by atoms with Gasteiger partial charge in [-0.25, -0.2) is 4.79 Å². The van der Waals surface area contributed by atoms with Crippen molar-refractivity contribution in [1.82, 2.24) is 0 Å². The van der Waals surface area contributed by atoms with E-state index in [1.807, 2.05) is 0 Å². The fourth-order valence-corrected chi connectivity index (χ4v) is 3.37. The standard InChI is InChI=1S/C15H23NO7S/c1-22-15(21)12(24-8-10(16)13(18)19)7-11(17)14(20)23-9-5-3-2-4-6-9/h9-10,12H,2-8,16H2,1H3,(H,18,19)/t10-,12?/m0/s1. The number of hydrogen-bond acceptors (Lipinski definition) is 8. The second-order valence-electron chi connectivity index (χ2n) is 5.58. The van der Waals surface area contributed by atoms with E-state index in [-0.39, 0.29) is 11.9 Å². The predicted molar refractivity (Wildman–Crippen MR) is 86.5 cm³/mol. The molecule has 1 rings (SSSR count). The molecule has 1 unspecified atom stereocenters. The van der Waals surface area contributed by atoms with Gasteiger partial charge in [0.15, 0.2) is 0 Å². The number of ketones is 1. The molecule has 24 heavy (non-hydrogen) atoms. The van der Waals surface area contributed by atoms with Gasteiger partial charge in [-0.15, -0.1) is 11.8 Å². The first kappa shape index (κ1) is 20.4. The molecule has 3 N–H and O–H groups in total. The maximum atomic E-state index is 12.0. The number of nitrogens with two attached hydrogens (primary N) is 1. The third-order valence-electron chi connectivity index (χ3n) is 3.68. The molecule has 2 atom stereocenters. The highest BCUT2D eigenvalue weighted by atomic mass is 32.2. The molecule has 0 heterocycles. The number of carboxylic acid groups (broad SMARTS) is 1. The number of carbonyl (C=O) groups is 4. The number of ether oxygens (including phenoxy) is 2. The average Bonchev–Trinajstić information content (AvgIpc) is 2.57. The summed E-state index contributed by atoms with van der Waals surface area (Å²) in [7, 11) is 1.15. The van der Waals surface area contributed by atoms with E-state index in [0.717, 1.165) is 51.0 Å². The zero-order valence-electron chi connectivity index (χ0n) is 13.6. The van der Waals surface area contributed by atoms with Crippen molar-refractivity contribution in [3.8, 4) is 0 Å². The molecule has 0 aromatic rings. The van der Waals surface area contributed by atoms with E-state index in [2.05, 4.69) is 4.74 Å². The van der Waals surface area contributed by atoms with Gasteiger partial charge in [0.05, 0.1) is 7.11 Å². The second-order valence-corrected chi connectivity index (χ2v) is 6.82. The van der Waals surface area contributed by atoms with Gasteiger partial charge >= 0.3 is 17.9 Å². The van der Waals surface area contributed by atoms with Crippen LogP contribution in [0.2, 0.25) is 0 Å². The van der Waals surface area contributed by atoms with Gasteiger partial charge in [0.25, 0.3) is 0 Å². The lowest BCUT2D eigenvalue weighted by molar-refractivity contribution is -0.159. The Balaban J connectivity index is 2.54. The van der Waals surface area contributed by atoms with Crippen LogP contribution in [0.15, 0.2) is 0 Å². The van der Waals surface area contributed by atoms with E-state index in [1.165, 1.54) is 0 Å². The quantitative estimate of drug-likeness (QED) is 0.445. The van der Waals surface area contributed by atoms with Gasteiger partial charge in [0.2, 0.25) is 5.78 Å². The van der Waals surface area contributed by atoms with E-state index < -0.39 is 41.4 Å².